The highest BCUT2D eigenvalue weighted by atomic mass is 19.4. The zero-order chi connectivity index (χ0) is 15.9. The van der Waals surface area contributed by atoms with Gasteiger partial charge in [0.25, 0.3) is 0 Å². The Labute approximate surface area is 115 Å². The van der Waals surface area contributed by atoms with Crippen LogP contribution in [-0.4, -0.2) is 11.5 Å². The molecule has 0 radical (unpaired) electrons. The summed E-state index contributed by atoms with van der Waals surface area (Å²) in [5.74, 6) is -4.90. The van der Waals surface area contributed by atoms with Crippen LogP contribution in [0.1, 0.15) is 18.2 Å². The Morgan fingerprint density at radius 3 is 2.29 bits per heavy atom. The van der Waals surface area contributed by atoms with Crippen LogP contribution in [0.3, 0.4) is 0 Å². The summed E-state index contributed by atoms with van der Waals surface area (Å²) >= 11 is 0. The number of alkyl halides is 3. The molecule has 1 N–H and O–H groups in total. The minimum atomic E-state index is -4.79. The molecular formula is C13H10F6N2. The third-order valence-corrected chi connectivity index (χ3v) is 2.98. The largest absolute Gasteiger partial charge is 0.433 e. The number of aromatic nitrogens is 1. The Kier molecular flexibility index (Phi) is 3.73. The predicted octanol–water partition coefficient (Wildman–Crippen LogP) is 4.41. The number of benzene rings is 1. The molecule has 0 spiro atoms. The van der Waals surface area contributed by atoms with E-state index in [0.717, 1.165) is 6.92 Å². The van der Waals surface area contributed by atoms with E-state index in [4.69, 9.17) is 0 Å². The standard InChI is InChI=1S/C13H10F6N2/c1-3-20-11-5(2)12(13(17,18)19)21-7-4-6(14)9(15)10(16)8(7)11/h4H,3H2,1-2H3,(H,20,21). The number of hydrogen-bond donors (Lipinski definition) is 1. The normalized spacial score (nSPS) is 12.0. The number of anilines is 1. The molecule has 0 bridgehead atoms. The van der Waals surface area contributed by atoms with Crippen molar-refractivity contribution in [2.24, 2.45) is 0 Å². The van der Waals surface area contributed by atoms with Crippen LogP contribution in [0.5, 0.6) is 0 Å². The molecule has 2 rings (SSSR count). The van der Waals surface area contributed by atoms with E-state index in [1.807, 2.05) is 0 Å². The van der Waals surface area contributed by atoms with Gasteiger partial charge >= 0.3 is 6.18 Å². The maximum atomic E-state index is 13.9. The van der Waals surface area contributed by atoms with Crippen LogP contribution in [0.4, 0.5) is 32.0 Å². The average Bonchev–Trinajstić information content (AvgIpc) is 2.38. The van der Waals surface area contributed by atoms with E-state index in [9.17, 15) is 26.3 Å². The summed E-state index contributed by atoms with van der Waals surface area (Å²) in [6.07, 6.45) is -4.79. The molecule has 0 aliphatic carbocycles. The van der Waals surface area contributed by atoms with Gasteiger partial charge in [-0.15, -0.1) is 0 Å². The molecule has 8 heteroatoms. The van der Waals surface area contributed by atoms with Crippen molar-refractivity contribution in [1.29, 1.82) is 0 Å². The first-order valence-corrected chi connectivity index (χ1v) is 5.97. The highest BCUT2D eigenvalue weighted by molar-refractivity contribution is 5.94. The number of rotatable bonds is 2. The molecule has 2 nitrogen and oxygen atoms in total. The SMILES string of the molecule is CCNc1c(C)c(C(F)(F)F)nc2cc(F)c(F)c(F)c12. The van der Waals surface area contributed by atoms with E-state index in [0.29, 0.717) is 6.07 Å². The van der Waals surface area contributed by atoms with E-state index < -0.39 is 40.2 Å². The molecule has 0 atom stereocenters. The van der Waals surface area contributed by atoms with Gasteiger partial charge in [0.15, 0.2) is 17.5 Å². The zero-order valence-corrected chi connectivity index (χ0v) is 11.0. The summed E-state index contributed by atoms with van der Waals surface area (Å²) < 4.78 is 79.2. The summed E-state index contributed by atoms with van der Waals surface area (Å²) in [5, 5.41) is 2.05. The van der Waals surface area contributed by atoms with Gasteiger partial charge in [0.1, 0.15) is 5.69 Å². The molecule has 0 amide bonds. The molecule has 114 valence electrons. The number of halogens is 6. The molecule has 0 fully saturated rings. The molecule has 0 aliphatic heterocycles. The van der Waals surface area contributed by atoms with E-state index in [1.54, 1.807) is 6.92 Å². The molecular weight excluding hydrogens is 298 g/mol. The summed E-state index contributed by atoms with van der Waals surface area (Å²) in [7, 11) is 0. The monoisotopic (exact) mass is 308 g/mol. The lowest BCUT2D eigenvalue weighted by Crippen LogP contribution is -2.14. The molecule has 1 aromatic carbocycles. The second kappa shape index (κ2) is 5.09. The summed E-state index contributed by atoms with van der Waals surface area (Å²) in [6, 6.07) is 0.448. The highest BCUT2D eigenvalue weighted by Gasteiger charge is 2.36. The van der Waals surface area contributed by atoms with E-state index in [-0.39, 0.29) is 17.8 Å². The fourth-order valence-electron chi connectivity index (χ4n) is 2.09. The van der Waals surface area contributed by atoms with Gasteiger partial charge in [-0.25, -0.2) is 18.2 Å². The van der Waals surface area contributed by atoms with Crippen molar-refractivity contribution < 1.29 is 26.3 Å². The highest BCUT2D eigenvalue weighted by Crippen LogP contribution is 2.38. The molecule has 2 aromatic rings. The maximum absolute atomic E-state index is 13.9. The fourth-order valence-corrected chi connectivity index (χ4v) is 2.09. The Balaban J connectivity index is 2.97. The van der Waals surface area contributed by atoms with Gasteiger partial charge in [-0.1, -0.05) is 0 Å². The quantitative estimate of drug-likeness (QED) is 0.656. The maximum Gasteiger partial charge on any atom is 0.433 e. The number of pyridine rings is 1. The van der Waals surface area contributed by atoms with Gasteiger partial charge in [-0.3, -0.25) is 0 Å². The Hall–Kier alpha value is -1.99. The van der Waals surface area contributed by atoms with Crippen molar-refractivity contribution >= 4 is 16.6 Å². The van der Waals surface area contributed by atoms with Crippen LogP contribution in [0, 0.1) is 24.4 Å². The van der Waals surface area contributed by atoms with Crippen LogP contribution < -0.4 is 5.32 Å². The van der Waals surface area contributed by atoms with Crippen LogP contribution in [0.2, 0.25) is 0 Å². The van der Waals surface area contributed by atoms with Gasteiger partial charge in [-0.2, -0.15) is 13.2 Å². The first kappa shape index (κ1) is 15.4. The zero-order valence-electron chi connectivity index (χ0n) is 11.0. The lowest BCUT2D eigenvalue weighted by Gasteiger charge is -2.17. The average molecular weight is 308 g/mol. The molecule has 0 unspecified atom stereocenters. The van der Waals surface area contributed by atoms with Crippen LogP contribution in [0.25, 0.3) is 10.9 Å². The van der Waals surface area contributed by atoms with Crippen LogP contribution >= 0.6 is 0 Å². The number of hydrogen-bond acceptors (Lipinski definition) is 2. The molecule has 1 aromatic heterocycles. The fraction of sp³-hybridized carbons (Fsp3) is 0.308. The number of fused-ring (bicyclic) bond motifs is 1. The van der Waals surface area contributed by atoms with Gasteiger partial charge in [0, 0.05) is 18.2 Å². The van der Waals surface area contributed by atoms with Crippen molar-refractivity contribution in [3.8, 4) is 0 Å². The smallest absolute Gasteiger partial charge is 0.384 e. The number of nitrogens with one attached hydrogen (secondary N) is 1. The van der Waals surface area contributed by atoms with Crippen molar-refractivity contribution in [3.05, 3.63) is 34.8 Å². The first-order chi connectivity index (χ1) is 9.68. The molecule has 1 heterocycles. The predicted molar refractivity (Wildman–Crippen MR) is 65.5 cm³/mol. The van der Waals surface area contributed by atoms with Crippen LogP contribution in [-0.2, 0) is 6.18 Å². The summed E-state index contributed by atoms with van der Waals surface area (Å²) in [5.41, 5.74) is -2.48. The second-order valence-electron chi connectivity index (χ2n) is 4.37. The summed E-state index contributed by atoms with van der Waals surface area (Å²) in [6.45, 7) is 2.85. The van der Waals surface area contributed by atoms with E-state index >= 15 is 0 Å². The first-order valence-electron chi connectivity index (χ1n) is 5.97. The molecule has 0 aliphatic rings. The Bertz CT molecular complexity index is 708. The van der Waals surface area contributed by atoms with Gasteiger partial charge in [0.05, 0.1) is 16.6 Å². The molecule has 0 saturated heterocycles. The Morgan fingerprint density at radius 1 is 1.14 bits per heavy atom. The minimum Gasteiger partial charge on any atom is -0.384 e. The third kappa shape index (κ3) is 2.50. The van der Waals surface area contributed by atoms with Crippen LogP contribution in [0.15, 0.2) is 6.07 Å². The lowest BCUT2D eigenvalue weighted by atomic mass is 10.1. The van der Waals surface area contributed by atoms with Crippen molar-refractivity contribution in [2.45, 2.75) is 20.0 Å². The third-order valence-electron chi connectivity index (χ3n) is 2.98. The lowest BCUT2D eigenvalue weighted by molar-refractivity contribution is -0.141. The molecule has 21 heavy (non-hydrogen) atoms. The Morgan fingerprint density at radius 2 is 1.76 bits per heavy atom. The summed E-state index contributed by atoms with van der Waals surface area (Å²) in [4.78, 5) is 3.24. The van der Waals surface area contributed by atoms with Gasteiger partial charge in [0.2, 0.25) is 0 Å². The van der Waals surface area contributed by atoms with Crippen molar-refractivity contribution in [1.82, 2.24) is 4.98 Å². The van der Waals surface area contributed by atoms with E-state index in [2.05, 4.69) is 10.3 Å². The van der Waals surface area contributed by atoms with Gasteiger partial charge in [-0.05, 0) is 13.8 Å². The number of nitrogens with zero attached hydrogens (tertiary/aromatic N) is 1. The van der Waals surface area contributed by atoms with Gasteiger partial charge < -0.3 is 5.32 Å². The minimum absolute atomic E-state index is 0.176. The molecule has 0 saturated carbocycles. The second-order valence-corrected chi connectivity index (χ2v) is 4.37. The topological polar surface area (TPSA) is 24.9 Å². The van der Waals surface area contributed by atoms with E-state index in [1.165, 1.54) is 0 Å². The van der Waals surface area contributed by atoms with Crippen molar-refractivity contribution in [2.75, 3.05) is 11.9 Å². The van der Waals surface area contributed by atoms with Crippen molar-refractivity contribution in [3.63, 3.8) is 0 Å².